The summed E-state index contributed by atoms with van der Waals surface area (Å²) < 4.78 is 7.23. The van der Waals surface area contributed by atoms with Crippen molar-refractivity contribution in [2.75, 3.05) is 6.54 Å². The molecule has 0 aromatic carbocycles. The third-order valence-corrected chi connectivity index (χ3v) is 4.14. The molecule has 23 heavy (non-hydrogen) atoms. The molecule has 0 aliphatic heterocycles. The van der Waals surface area contributed by atoms with Gasteiger partial charge in [-0.3, -0.25) is 0 Å². The van der Waals surface area contributed by atoms with Gasteiger partial charge < -0.3 is 19.9 Å². The lowest BCUT2D eigenvalue weighted by Gasteiger charge is -2.32. The molecule has 0 spiro atoms. The molecule has 2 N–H and O–H groups in total. The molecule has 1 heterocycles. The molecule has 0 saturated heterocycles. The zero-order valence-electron chi connectivity index (χ0n) is 14.6. The van der Waals surface area contributed by atoms with Gasteiger partial charge in [-0.2, -0.15) is 0 Å². The van der Waals surface area contributed by atoms with Crippen LogP contribution in [0.4, 0.5) is 4.79 Å². The average molecular weight is 323 g/mol. The summed E-state index contributed by atoms with van der Waals surface area (Å²) in [4.78, 5) is 11.8. The first kappa shape index (κ1) is 17.7. The molecule has 1 amide bonds. The summed E-state index contributed by atoms with van der Waals surface area (Å²) in [6, 6.07) is 0.385. The molecule has 0 radical (unpaired) electrons. The molecule has 2 unspecified atom stereocenters. The zero-order chi connectivity index (χ0) is 16.9. The van der Waals surface area contributed by atoms with Gasteiger partial charge in [0.15, 0.2) is 0 Å². The lowest BCUT2D eigenvalue weighted by Crippen LogP contribution is -2.45. The SMILES string of the molecule is Cn1cnnc1CNC1CCCCC1CNC(=O)OC(C)(C)C. The summed E-state index contributed by atoms with van der Waals surface area (Å²) >= 11 is 0. The van der Waals surface area contributed by atoms with Gasteiger partial charge in [0.1, 0.15) is 17.8 Å². The predicted molar refractivity (Wildman–Crippen MR) is 87.8 cm³/mol. The van der Waals surface area contributed by atoms with Crippen LogP contribution in [0.5, 0.6) is 0 Å². The number of rotatable bonds is 5. The molecule has 0 bridgehead atoms. The lowest BCUT2D eigenvalue weighted by atomic mass is 9.84. The van der Waals surface area contributed by atoms with Crippen molar-refractivity contribution in [1.82, 2.24) is 25.4 Å². The number of aromatic nitrogens is 3. The number of carbonyl (C=O) groups excluding carboxylic acids is 1. The van der Waals surface area contributed by atoms with Crippen molar-refractivity contribution in [2.45, 2.75) is 64.6 Å². The second-order valence-electron chi connectivity index (χ2n) is 7.27. The summed E-state index contributed by atoms with van der Waals surface area (Å²) in [7, 11) is 1.94. The number of hydrogen-bond acceptors (Lipinski definition) is 5. The van der Waals surface area contributed by atoms with Crippen LogP contribution in [-0.4, -0.2) is 39.0 Å². The number of aryl methyl sites for hydroxylation is 1. The molecule has 1 aromatic rings. The van der Waals surface area contributed by atoms with Crippen molar-refractivity contribution in [3.05, 3.63) is 12.2 Å². The van der Waals surface area contributed by atoms with Crippen LogP contribution < -0.4 is 10.6 Å². The topological polar surface area (TPSA) is 81.1 Å². The van der Waals surface area contributed by atoms with Crippen LogP contribution in [0.25, 0.3) is 0 Å². The fourth-order valence-corrected chi connectivity index (χ4v) is 2.94. The van der Waals surface area contributed by atoms with Gasteiger partial charge in [0.2, 0.25) is 0 Å². The maximum atomic E-state index is 11.8. The maximum Gasteiger partial charge on any atom is 0.407 e. The van der Waals surface area contributed by atoms with Crippen molar-refractivity contribution in [3.8, 4) is 0 Å². The molecule has 7 nitrogen and oxygen atoms in total. The highest BCUT2D eigenvalue weighted by Gasteiger charge is 2.26. The van der Waals surface area contributed by atoms with E-state index in [1.807, 2.05) is 32.4 Å². The van der Waals surface area contributed by atoms with Gasteiger partial charge in [0.05, 0.1) is 6.54 Å². The van der Waals surface area contributed by atoms with E-state index in [0.29, 0.717) is 25.0 Å². The quantitative estimate of drug-likeness (QED) is 0.866. The van der Waals surface area contributed by atoms with Crippen LogP contribution in [0, 0.1) is 5.92 Å². The Bertz CT molecular complexity index is 509. The van der Waals surface area contributed by atoms with Crippen molar-refractivity contribution < 1.29 is 9.53 Å². The van der Waals surface area contributed by atoms with E-state index in [1.165, 1.54) is 12.8 Å². The molecule has 1 saturated carbocycles. The molecule has 1 aliphatic rings. The first-order valence-electron chi connectivity index (χ1n) is 8.38. The van der Waals surface area contributed by atoms with E-state index in [1.54, 1.807) is 6.33 Å². The van der Waals surface area contributed by atoms with Crippen LogP contribution >= 0.6 is 0 Å². The Morgan fingerprint density at radius 3 is 2.78 bits per heavy atom. The average Bonchev–Trinajstić information content (AvgIpc) is 2.87. The largest absolute Gasteiger partial charge is 0.444 e. The number of nitrogens with one attached hydrogen (secondary N) is 2. The number of nitrogens with zero attached hydrogens (tertiary/aromatic N) is 3. The number of amides is 1. The lowest BCUT2D eigenvalue weighted by molar-refractivity contribution is 0.0510. The van der Waals surface area contributed by atoms with Gasteiger partial charge in [-0.1, -0.05) is 12.8 Å². The van der Waals surface area contributed by atoms with E-state index in [2.05, 4.69) is 20.8 Å². The number of alkyl carbamates (subject to hydrolysis) is 1. The maximum absolute atomic E-state index is 11.8. The minimum atomic E-state index is -0.459. The van der Waals surface area contributed by atoms with E-state index < -0.39 is 5.60 Å². The molecule has 7 heteroatoms. The summed E-state index contributed by atoms with van der Waals surface area (Å²) in [5, 5.41) is 14.5. The molecule has 1 aliphatic carbocycles. The number of hydrogen-bond donors (Lipinski definition) is 2. The fraction of sp³-hybridized carbons (Fsp3) is 0.812. The smallest absolute Gasteiger partial charge is 0.407 e. The highest BCUT2D eigenvalue weighted by Crippen LogP contribution is 2.24. The normalized spacial score (nSPS) is 21.9. The molecule has 1 aromatic heterocycles. The van der Waals surface area contributed by atoms with E-state index in [4.69, 9.17) is 4.74 Å². The Kier molecular flexibility index (Phi) is 5.98. The third kappa shape index (κ3) is 5.82. The van der Waals surface area contributed by atoms with Crippen molar-refractivity contribution >= 4 is 6.09 Å². The second-order valence-corrected chi connectivity index (χ2v) is 7.27. The van der Waals surface area contributed by atoms with Gasteiger partial charge in [-0.25, -0.2) is 4.79 Å². The first-order chi connectivity index (χ1) is 10.8. The molecule has 2 rings (SSSR count). The van der Waals surface area contributed by atoms with Crippen molar-refractivity contribution in [1.29, 1.82) is 0 Å². The number of ether oxygens (including phenoxy) is 1. The van der Waals surface area contributed by atoms with Crippen LogP contribution in [0.15, 0.2) is 6.33 Å². The van der Waals surface area contributed by atoms with Gasteiger partial charge in [-0.15, -0.1) is 10.2 Å². The summed E-state index contributed by atoms with van der Waals surface area (Å²) in [6.45, 7) is 6.96. The first-order valence-corrected chi connectivity index (χ1v) is 8.38. The van der Waals surface area contributed by atoms with E-state index in [9.17, 15) is 4.79 Å². The monoisotopic (exact) mass is 323 g/mol. The Hall–Kier alpha value is -1.63. The zero-order valence-corrected chi connectivity index (χ0v) is 14.6. The highest BCUT2D eigenvalue weighted by atomic mass is 16.6. The van der Waals surface area contributed by atoms with E-state index >= 15 is 0 Å². The Morgan fingerprint density at radius 2 is 2.13 bits per heavy atom. The summed E-state index contributed by atoms with van der Waals surface area (Å²) in [5.74, 6) is 1.35. The predicted octanol–water partition coefficient (Wildman–Crippen LogP) is 1.99. The highest BCUT2D eigenvalue weighted by molar-refractivity contribution is 5.67. The number of carbonyl (C=O) groups is 1. The van der Waals surface area contributed by atoms with Gasteiger partial charge >= 0.3 is 6.09 Å². The Morgan fingerprint density at radius 1 is 1.39 bits per heavy atom. The molecular formula is C16H29N5O2. The van der Waals surface area contributed by atoms with Gasteiger partial charge in [-0.05, 0) is 39.5 Å². The van der Waals surface area contributed by atoms with Crippen molar-refractivity contribution in [3.63, 3.8) is 0 Å². The Labute approximate surface area is 138 Å². The second kappa shape index (κ2) is 7.77. The summed E-state index contributed by atoms with van der Waals surface area (Å²) in [5.41, 5.74) is -0.459. The van der Waals surface area contributed by atoms with Crippen LogP contribution in [0.1, 0.15) is 52.3 Å². The van der Waals surface area contributed by atoms with Gasteiger partial charge in [0.25, 0.3) is 0 Å². The standard InChI is InChI=1S/C16H29N5O2/c1-16(2,3)23-15(22)18-9-12-7-5-6-8-13(12)17-10-14-20-19-11-21(14)4/h11-13,17H,5-10H2,1-4H3,(H,18,22). The molecule has 130 valence electrons. The van der Waals surface area contributed by atoms with Crippen molar-refractivity contribution in [2.24, 2.45) is 13.0 Å². The molecule has 1 fully saturated rings. The third-order valence-electron chi connectivity index (χ3n) is 4.14. The Balaban J connectivity index is 1.81. The van der Waals surface area contributed by atoms with Gasteiger partial charge in [0, 0.05) is 19.6 Å². The van der Waals surface area contributed by atoms with E-state index in [0.717, 1.165) is 18.7 Å². The molecular weight excluding hydrogens is 294 g/mol. The summed E-state index contributed by atoms with van der Waals surface area (Å²) in [6.07, 6.45) is 6.04. The van der Waals surface area contributed by atoms with E-state index in [-0.39, 0.29) is 6.09 Å². The van der Waals surface area contributed by atoms with Crippen LogP contribution in [0.3, 0.4) is 0 Å². The minimum Gasteiger partial charge on any atom is -0.444 e. The molecule has 2 atom stereocenters. The minimum absolute atomic E-state index is 0.338. The fourth-order valence-electron chi connectivity index (χ4n) is 2.94. The van der Waals surface area contributed by atoms with Crippen LogP contribution in [-0.2, 0) is 18.3 Å². The van der Waals surface area contributed by atoms with Crippen LogP contribution in [0.2, 0.25) is 0 Å².